The average Bonchev–Trinajstić information content (AvgIpc) is 2.96. The maximum absolute atomic E-state index is 14.1. The van der Waals surface area contributed by atoms with Crippen molar-refractivity contribution in [2.24, 2.45) is 0 Å². The van der Waals surface area contributed by atoms with Crippen LogP contribution in [0, 0.1) is 6.92 Å². The molecular weight excluding hydrogens is 562 g/mol. The van der Waals surface area contributed by atoms with Crippen LogP contribution in [0.15, 0.2) is 77.7 Å². The highest BCUT2D eigenvalue weighted by Crippen LogP contribution is 2.28. The van der Waals surface area contributed by atoms with E-state index in [0.29, 0.717) is 23.7 Å². The van der Waals surface area contributed by atoms with E-state index in [1.807, 2.05) is 45.0 Å². The lowest BCUT2D eigenvalue weighted by molar-refractivity contribution is -0.140. The van der Waals surface area contributed by atoms with Crippen LogP contribution in [0.1, 0.15) is 44.2 Å². The molecule has 0 aliphatic carbocycles. The normalized spacial score (nSPS) is 11.9. The van der Waals surface area contributed by atoms with Gasteiger partial charge >= 0.3 is 0 Å². The molecule has 1 atom stereocenters. The molecule has 3 aromatic carbocycles. The van der Waals surface area contributed by atoms with E-state index in [9.17, 15) is 18.0 Å². The van der Waals surface area contributed by atoms with Gasteiger partial charge in [0.25, 0.3) is 10.0 Å². The number of methoxy groups -OCH3 is 1. The van der Waals surface area contributed by atoms with Gasteiger partial charge in [0.2, 0.25) is 11.8 Å². The highest BCUT2D eigenvalue weighted by atomic mass is 35.5. The molecule has 0 heterocycles. The molecule has 0 aliphatic rings. The Labute approximate surface area is 248 Å². The molecule has 0 aromatic heterocycles. The third kappa shape index (κ3) is 8.24. The minimum absolute atomic E-state index is 0.0131. The second-order valence-corrected chi connectivity index (χ2v) is 12.0. The van der Waals surface area contributed by atoms with Crippen molar-refractivity contribution in [3.8, 4) is 5.75 Å². The fourth-order valence-corrected chi connectivity index (χ4v) is 6.02. The van der Waals surface area contributed by atoms with Crippen molar-refractivity contribution in [2.75, 3.05) is 24.5 Å². The Morgan fingerprint density at radius 2 is 1.71 bits per heavy atom. The van der Waals surface area contributed by atoms with Crippen molar-refractivity contribution >= 4 is 39.1 Å². The summed E-state index contributed by atoms with van der Waals surface area (Å²) in [4.78, 5) is 28.9. The van der Waals surface area contributed by atoms with Gasteiger partial charge in [-0.05, 0) is 73.4 Å². The molecule has 0 aliphatic heterocycles. The van der Waals surface area contributed by atoms with Crippen molar-refractivity contribution in [1.29, 1.82) is 0 Å². The summed E-state index contributed by atoms with van der Waals surface area (Å²) in [6.45, 7) is 5.93. The standard InChI is InChI=1S/C31H38ClN3O5S/c1-5-7-19-33-31(37)29(6-2)34(21-24-12-9-8-11-23(24)3)30(36)22-35(26-14-10-13-25(32)20-26)41(38,39)28-17-15-27(40-4)16-18-28/h8-18,20,29H,5-7,19,21-22H2,1-4H3,(H,33,37). The summed E-state index contributed by atoms with van der Waals surface area (Å²) < 4.78 is 34.1. The number of nitrogens with one attached hydrogen (secondary N) is 1. The topological polar surface area (TPSA) is 96.0 Å². The monoisotopic (exact) mass is 599 g/mol. The van der Waals surface area contributed by atoms with Gasteiger partial charge in [-0.15, -0.1) is 0 Å². The fourth-order valence-electron chi connectivity index (χ4n) is 4.43. The van der Waals surface area contributed by atoms with Gasteiger partial charge in [0.1, 0.15) is 18.3 Å². The van der Waals surface area contributed by atoms with Crippen LogP contribution in [0.5, 0.6) is 5.75 Å². The predicted molar refractivity (Wildman–Crippen MR) is 163 cm³/mol. The van der Waals surface area contributed by atoms with Gasteiger partial charge in [-0.1, -0.05) is 62.2 Å². The zero-order chi connectivity index (χ0) is 30.0. The number of hydrogen-bond donors (Lipinski definition) is 1. The van der Waals surface area contributed by atoms with Crippen LogP contribution in [0.3, 0.4) is 0 Å². The van der Waals surface area contributed by atoms with Gasteiger partial charge in [0.15, 0.2) is 0 Å². The van der Waals surface area contributed by atoms with E-state index in [-0.39, 0.29) is 23.0 Å². The number of aryl methyl sites for hydroxylation is 1. The number of ether oxygens (including phenoxy) is 1. The van der Waals surface area contributed by atoms with E-state index >= 15 is 0 Å². The van der Waals surface area contributed by atoms with Gasteiger partial charge in [0, 0.05) is 18.1 Å². The number of halogens is 1. The molecule has 0 bridgehead atoms. The summed E-state index contributed by atoms with van der Waals surface area (Å²) in [6, 6.07) is 19.1. The molecule has 0 radical (unpaired) electrons. The number of anilines is 1. The molecule has 0 saturated heterocycles. The SMILES string of the molecule is CCCCNC(=O)C(CC)N(Cc1ccccc1C)C(=O)CN(c1cccc(Cl)c1)S(=O)(=O)c1ccc(OC)cc1. The minimum Gasteiger partial charge on any atom is -0.497 e. The number of sulfonamides is 1. The van der Waals surface area contributed by atoms with Gasteiger partial charge in [0.05, 0.1) is 17.7 Å². The molecule has 8 nitrogen and oxygen atoms in total. The number of benzene rings is 3. The maximum atomic E-state index is 14.1. The van der Waals surface area contributed by atoms with Gasteiger partial charge in [-0.3, -0.25) is 13.9 Å². The molecule has 0 saturated carbocycles. The van der Waals surface area contributed by atoms with Crippen LogP contribution in [-0.2, 0) is 26.2 Å². The average molecular weight is 600 g/mol. The summed E-state index contributed by atoms with van der Waals surface area (Å²) in [5, 5.41) is 3.26. The second kappa shape index (κ2) is 14.9. The minimum atomic E-state index is -4.20. The summed E-state index contributed by atoms with van der Waals surface area (Å²) in [5.41, 5.74) is 2.06. The molecule has 220 valence electrons. The Morgan fingerprint density at radius 1 is 1.00 bits per heavy atom. The molecule has 2 amide bonds. The number of hydrogen-bond acceptors (Lipinski definition) is 5. The van der Waals surface area contributed by atoms with Crippen LogP contribution < -0.4 is 14.4 Å². The first kappa shape index (κ1) is 32.0. The first-order valence-electron chi connectivity index (χ1n) is 13.7. The van der Waals surface area contributed by atoms with Crippen molar-refractivity contribution in [3.63, 3.8) is 0 Å². The summed E-state index contributed by atoms with van der Waals surface area (Å²) >= 11 is 6.24. The number of unbranched alkanes of at least 4 members (excludes halogenated alkanes) is 1. The number of amides is 2. The highest BCUT2D eigenvalue weighted by Gasteiger charge is 2.34. The number of carbonyl (C=O) groups excluding carboxylic acids is 2. The zero-order valence-electron chi connectivity index (χ0n) is 24.0. The highest BCUT2D eigenvalue weighted by molar-refractivity contribution is 7.92. The molecule has 10 heteroatoms. The first-order valence-corrected chi connectivity index (χ1v) is 15.5. The summed E-state index contributed by atoms with van der Waals surface area (Å²) in [7, 11) is -2.71. The Balaban J connectivity index is 2.05. The summed E-state index contributed by atoms with van der Waals surface area (Å²) in [6.07, 6.45) is 2.09. The van der Waals surface area contributed by atoms with Crippen molar-refractivity contribution < 1.29 is 22.7 Å². The maximum Gasteiger partial charge on any atom is 0.264 e. The number of rotatable bonds is 14. The van der Waals surface area contributed by atoms with E-state index in [4.69, 9.17) is 16.3 Å². The van der Waals surface area contributed by atoms with E-state index in [1.165, 1.54) is 30.2 Å². The summed E-state index contributed by atoms with van der Waals surface area (Å²) in [5.74, 6) is -0.281. The molecule has 1 unspecified atom stereocenters. The van der Waals surface area contributed by atoms with Gasteiger partial charge in [-0.25, -0.2) is 8.42 Å². The first-order chi connectivity index (χ1) is 19.6. The van der Waals surface area contributed by atoms with Crippen LogP contribution in [-0.4, -0.2) is 51.4 Å². The Hall–Kier alpha value is -3.56. The smallest absolute Gasteiger partial charge is 0.264 e. The second-order valence-electron chi connectivity index (χ2n) is 9.68. The Bertz CT molecular complexity index is 1430. The van der Waals surface area contributed by atoms with Crippen LogP contribution >= 0.6 is 11.6 Å². The molecule has 3 aromatic rings. The number of carbonyl (C=O) groups is 2. The largest absolute Gasteiger partial charge is 0.497 e. The van der Waals surface area contributed by atoms with Crippen LogP contribution in [0.4, 0.5) is 5.69 Å². The quantitative estimate of drug-likeness (QED) is 0.244. The van der Waals surface area contributed by atoms with E-state index < -0.39 is 28.5 Å². The molecular formula is C31H38ClN3O5S. The van der Waals surface area contributed by atoms with Crippen molar-refractivity contribution in [3.05, 3.63) is 88.9 Å². The lowest BCUT2D eigenvalue weighted by Crippen LogP contribution is -2.52. The van der Waals surface area contributed by atoms with Crippen molar-refractivity contribution in [2.45, 2.75) is 57.5 Å². The Kier molecular flexibility index (Phi) is 11.6. The molecule has 0 fully saturated rings. The van der Waals surface area contributed by atoms with Crippen molar-refractivity contribution in [1.82, 2.24) is 10.2 Å². The fraction of sp³-hybridized carbons (Fsp3) is 0.355. The third-order valence-corrected chi connectivity index (χ3v) is 8.86. The molecule has 3 rings (SSSR count). The van der Waals surface area contributed by atoms with E-state index in [2.05, 4.69) is 5.32 Å². The Morgan fingerprint density at radius 3 is 2.32 bits per heavy atom. The van der Waals surface area contributed by atoms with Crippen LogP contribution in [0.25, 0.3) is 0 Å². The lowest BCUT2D eigenvalue weighted by Gasteiger charge is -2.33. The molecule has 0 spiro atoms. The predicted octanol–water partition coefficient (Wildman–Crippen LogP) is 5.58. The zero-order valence-corrected chi connectivity index (χ0v) is 25.5. The lowest BCUT2D eigenvalue weighted by atomic mass is 10.1. The van der Waals surface area contributed by atoms with Gasteiger partial charge < -0.3 is 15.0 Å². The van der Waals surface area contributed by atoms with Crippen LogP contribution in [0.2, 0.25) is 5.02 Å². The molecule has 41 heavy (non-hydrogen) atoms. The van der Waals surface area contributed by atoms with Gasteiger partial charge in [-0.2, -0.15) is 0 Å². The van der Waals surface area contributed by atoms with E-state index in [1.54, 1.807) is 30.3 Å². The van der Waals surface area contributed by atoms with E-state index in [0.717, 1.165) is 28.3 Å². The number of nitrogens with zero attached hydrogens (tertiary/aromatic N) is 2. The molecule has 1 N–H and O–H groups in total. The third-order valence-electron chi connectivity index (χ3n) is 6.84.